The van der Waals surface area contributed by atoms with Crippen LogP contribution >= 0.6 is 0 Å². The zero-order valence-electron chi connectivity index (χ0n) is 15.4. The fourth-order valence-corrected chi connectivity index (χ4v) is 3.65. The Labute approximate surface area is 154 Å². The monoisotopic (exact) mass is 355 g/mol. The van der Waals surface area contributed by atoms with E-state index in [1.54, 1.807) is 18.2 Å². The number of carbonyl (C=O) groups excluding carboxylic acids is 1. The Bertz CT molecular complexity index is 770. The van der Waals surface area contributed by atoms with E-state index in [0.717, 1.165) is 30.6 Å². The van der Waals surface area contributed by atoms with Crippen molar-refractivity contribution in [3.63, 3.8) is 0 Å². The molecule has 0 spiro atoms. The molecule has 1 aliphatic rings. The van der Waals surface area contributed by atoms with Crippen molar-refractivity contribution in [1.29, 1.82) is 0 Å². The van der Waals surface area contributed by atoms with E-state index in [1.807, 2.05) is 24.3 Å². The first-order chi connectivity index (χ1) is 12.6. The SMILES string of the molecule is CCC1(CC)C[C@@H](NC(=O)CCc2ccccc2F)c2ccccc2O1. The van der Waals surface area contributed by atoms with Gasteiger partial charge in [0.15, 0.2) is 0 Å². The summed E-state index contributed by atoms with van der Waals surface area (Å²) in [7, 11) is 0. The Hall–Kier alpha value is -2.36. The first-order valence-electron chi connectivity index (χ1n) is 9.37. The summed E-state index contributed by atoms with van der Waals surface area (Å²) in [4.78, 5) is 12.5. The number of halogens is 1. The van der Waals surface area contributed by atoms with Gasteiger partial charge in [0.25, 0.3) is 0 Å². The summed E-state index contributed by atoms with van der Waals surface area (Å²) in [5.74, 6) is 0.533. The van der Waals surface area contributed by atoms with Crippen LogP contribution in [-0.4, -0.2) is 11.5 Å². The summed E-state index contributed by atoms with van der Waals surface area (Å²) >= 11 is 0. The number of fused-ring (bicyclic) bond motifs is 1. The molecule has 0 saturated heterocycles. The van der Waals surface area contributed by atoms with E-state index in [9.17, 15) is 9.18 Å². The Morgan fingerprint density at radius 3 is 2.58 bits per heavy atom. The van der Waals surface area contributed by atoms with Crippen LogP contribution in [0.4, 0.5) is 4.39 Å². The predicted molar refractivity (Wildman–Crippen MR) is 101 cm³/mol. The third-order valence-corrected chi connectivity index (χ3v) is 5.40. The van der Waals surface area contributed by atoms with Crippen LogP contribution in [0.2, 0.25) is 0 Å². The Balaban J connectivity index is 1.71. The molecule has 0 fully saturated rings. The predicted octanol–water partition coefficient (Wildman–Crippen LogP) is 4.96. The molecule has 26 heavy (non-hydrogen) atoms. The van der Waals surface area contributed by atoms with Gasteiger partial charge >= 0.3 is 0 Å². The highest BCUT2D eigenvalue weighted by Crippen LogP contribution is 2.42. The molecule has 4 heteroatoms. The first-order valence-corrected chi connectivity index (χ1v) is 9.37. The third kappa shape index (κ3) is 3.90. The number of rotatable bonds is 6. The minimum absolute atomic E-state index is 0.0592. The van der Waals surface area contributed by atoms with Crippen LogP contribution in [0.25, 0.3) is 0 Å². The number of hydrogen-bond donors (Lipinski definition) is 1. The second-order valence-electron chi connectivity index (χ2n) is 6.95. The van der Waals surface area contributed by atoms with Crippen LogP contribution in [0.1, 0.15) is 56.7 Å². The lowest BCUT2D eigenvalue weighted by atomic mass is 9.83. The van der Waals surface area contributed by atoms with Crippen LogP contribution in [0.15, 0.2) is 48.5 Å². The fourth-order valence-electron chi connectivity index (χ4n) is 3.65. The minimum atomic E-state index is -0.257. The Morgan fingerprint density at radius 1 is 1.15 bits per heavy atom. The molecule has 1 aliphatic heterocycles. The Morgan fingerprint density at radius 2 is 1.85 bits per heavy atom. The molecule has 138 valence electrons. The van der Waals surface area contributed by atoms with Crippen molar-refractivity contribution < 1.29 is 13.9 Å². The van der Waals surface area contributed by atoms with Crippen LogP contribution in [-0.2, 0) is 11.2 Å². The topological polar surface area (TPSA) is 38.3 Å². The number of hydrogen-bond acceptors (Lipinski definition) is 2. The van der Waals surface area contributed by atoms with Crippen molar-refractivity contribution in [2.45, 2.75) is 57.6 Å². The molecule has 1 atom stereocenters. The number of para-hydroxylation sites is 1. The number of amides is 1. The van der Waals surface area contributed by atoms with E-state index < -0.39 is 0 Å². The maximum Gasteiger partial charge on any atom is 0.220 e. The van der Waals surface area contributed by atoms with Gasteiger partial charge in [0.2, 0.25) is 5.91 Å². The highest BCUT2D eigenvalue weighted by molar-refractivity contribution is 5.77. The summed E-state index contributed by atoms with van der Waals surface area (Å²) < 4.78 is 20.0. The number of aryl methyl sites for hydroxylation is 1. The third-order valence-electron chi connectivity index (χ3n) is 5.40. The lowest BCUT2D eigenvalue weighted by Gasteiger charge is -2.41. The van der Waals surface area contributed by atoms with Crippen LogP contribution in [0, 0.1) is 5.82 Å². The molecule has 2 aromatic rings. The number of nitrogens with one attached hydrogen (secondary N) is 1. The highest BCUT2D eigenvalue weighted by atomic mass is 19.1. The lowest BCUT2D eigenvalue weighted by molar-refractivity contribution is -0.122. The second kappa shape index (κ2) is 7.90. The van der Waals surface area contributed by atoms with Gasteiger partial charge in [-0.15, -0.1) is 0 Å². The van der Waals surface area contributed by atoms with Gasteiger partial charge in [-0.3, -0.25) is 4.79 Å². The molecule has 3 nitrogen and oxygen atoms in total. The van der Waals surface area contributed by atoms with Gasteiger partial charge in [0.05, 0.1) is 6.04 Å². The number of benzene rings is 2. The van der Waals surface area contributed by atoms with E-state index in [-0.39, 0.29) is 29.8 Å². The van der Waals surface area contributed by atoms with Crippen LogP contribution in [0.3, 0.4) is 0 Å². The van der Waals surface area contributed by atoms with Gasteiger partial charge in [-0.25, -0.2) is 4.39 Å². The van der Waals surface area contributed by atoms with Crippen molar-refractivity contribution in [2.75, 3.05) is 0 Å². The smallest absolute Gasteiger partial charge is 0.220 e. The lowest BCUT2D eigenvalue weighted by Crippen LogP contribution is -2.44. The van der Waals surface area contributed by atoms with Crippen molar-refractivity contribution >= 4 is 5.91 Å². The molecule has 1 N–H and O–H groups in total. The molecule has 1 heterocycles. The minimum Gasteiger partial charge on any atom is -0.487 e. The molecular formula is C22H26FNO2. The zero-order valence-corrected chi connectivity index (χ0v) is 15.4. The number of ether oxygens (including phenoxy) is 1. The van der Waals surface area contributed by atoms with Gasteiger partial charge in [0.1, 0.15) is 17.2 Å². The summed E-state index contributed by atoms with van der Waals surface area (Å²) in [5, 5.41) is 3.15. The standard InChI is InChI=1S/C22H26FNO2/c1-3-22(4-2)15-19(17-10-6-8-12-20(17)26-22)24-21(25)14-13-16-9-5-7-11-18(16)23/h5-12,19H,3-4,13-15H2,1-2H3,(H,24,25)/t19-/m1/s1. The van der Waals surface area contributed by atoms with Crippen LogP contribution < -0.4 is 10.1 Å². The maximum absolute atomic E-state index is 13.7. The Kier molecular flexibility index (Phi) is 5.60. The maximum atomic E-state index is 13.7. The summed E-state index contributed by atoms with van der Waals surface area (Å²) in [6, 6.07) is 14.4. The molecule has 0 radical (unpaired) electrons. The quantitative estimate of drug-likeness (QED) is 0.795. The molecule has 0 unspecified atom stereocenters. The van der Waals surface area contributed by atoms with Crippen molar-refractivity contribution in [3.05, 3.63) is 65.5 Å². The summed E-state index contributed by atoms with van der Waals surface area (Å²) in [6.45, 7) is 4.24. The van der Waals surface area contributed by atoms with E-state index in [0.29, 0.717) is 12.0 Å². The van der Waals surface area contributed by atoms with Crippen LogP contribution in [0.5, 0.6) is 5.75 Å². The molecule has 2 aromatic carbocycles. The highest BCUT2D eigenvalue weighted by Gasteiger charge is 2.38. The molecule has 0 aromatic heterocycles. The average Bonchev–Trinajstić information content (AvgIpc) is 2.67. The normalized spacial score (nSPS) is 17.9. The van der Waals surface area contributed by atoms with Gasteiger partial charge in [0, 0.05) is 18.4 Å². The van der Waals surface area contributed by atoms with E-state index in [4.69, 9.17) is 4.74 Å². The van der Waals surface area contributed by atoms with Crippen molar-refractivity contribution in [1.82, 2.24) is 5.32 Å². The first kappa shape index (κ1) is 18.4. The second-order valence-corrected chi connectivity index (χ2v) is 6.95. The van der Waals surface area contributed by atoms with E-state index >= 15 is 0 Å². The molecule has 0 aliphatic carbocycles. The van der Waals surface area contributed by atoms with Gasteiger partial charge in [-0.2, -0.15) is 0 Å². The molecular weight excluding hydrogens is 329 g/mol. The van der Waals surface area contributed by atoms with E-state index in [1.165, 1.54) is 6.07 Å². The number of carbonyl (C=O) groups is 1. The van der Waals surface area contributed by atoms with Gasteiger partial charge in [-0.05, 0) is 37.0 Å². The van der Waals surface area contributed by atoms with Gasteiger partial charge in [-0.1, -0.05) is 50.2 Å². The largest absolute Gasteiger partial charge is 0.487 e. The zero-order chi connectivity index (χ0) is 18.6. The fraction of sp³-hybridized carbons (Fsp3) is 0.409. The van der Waals surface area contributed by atoms with Gasteiger partial charge < -0.3 is 10.1 Å². The van der Waals surface area contributed by atoms with E-state index in [2.05, 4.69) is 19.2 Å². The summed E-state index contributed by atoms with van der Waals surface area (Å²) in [5.41, 5.74) is 1.34. The molecule has 3 rings (SSSR count). The average molecular weight is 355 g/mol. The summed E-state index contributed by atoms with van der Waals surface area (Å²) in [6.07, 6.45) is 3.20. The molecule has 0 saturated carbocycles. The van der Waals surface area contributed by atoms with Crippen molar-refractivity contribution in [3.8, 4) is 5.75 Å². The molecule has 0 bridgehead atoms. The van der Waals surface area contributed by atoms with Crippen molar-refractivity contribution in [2.24, 2.45) is 0 Å². The molecule has 1 amide bonds.